The summed E-state index contributed by atoms with van der Waals surface area (Å²) in [7, 11) is 1.91. The molecule has 0 bridgehead atoms. The zero-order valence-electron chi connectivity index (χ0n) is 17.7. The van der Waals surface area contributed by atoms with E-state index >= 15 is 0 Å². The average molecular weight is 447 g/mol. The molecular weight excluding hydrogens is 424 g/mol. The van der Waals surface area contributed by atoms with Gasteiger partial charge in [-0.2, -0.15) is 0 Å². The Morgan fingerprint density at radius 1 is 0.969 bits per heavy atom. The molecule has 3 aromatic carbocycles. The topological polar surface area (TPSA) is 69.6 Å². The van der Waals surface area contributed by atoms with E-state index in [4.69, 9.17) is 9.47 Å². The third-order valence-electron chi connectivity index (χ3n) is 5.02. The van der Waals surface area contributed by atoms with Crippen molar-refractivity contribution in [2.75, 3.05) is 11.8 Å². The predicted molar refractivity (Wildman–Crippen MR) is 130 cm³/mol. The second kappa shape index (κ2) is 9.11. The number of ether oxygens (including phenoxy) is 2. The van der Waals surface area contributed by atoms with Gasteiger partial charge in [0.25, 0.3) is 5.56 Å². The number of anilines is 1. The molecule has 32 heavy (non-hydrogen) atoms. The van der Waals surface area contributed by atoms with E-state index in [9.17, 15) is 9.00 Å². The van der Waals surface area contributed by atoms with Crippen molar-refractivity contribution in [2.24, 2.45) is 7.05 Å². The number of aryl methyl sites for hydroxylation is 1. The zero-order chi connectivity index (χ0) is 22.7. The lowest BCUT2D eigenvalue weighted by Gasteiger charge is -2.16. The number of rotatable bonds is 7. The second-order valence-electron chi connectivity index (χ2n) is 7.06. The van der Waals surface area contributed by atoms with Crippen molar-refractivity contribution >= 4 is 27.4 Å². The van der Waals surface area contributed by atoms with Crippen LogP contribution in [0.25, 0.3) is 21.9 Å². The number of pyridine rings is 1. The highest BCUT2D eigenvalue weighted by Gasteiger charge is 2.15. The Kier molecular flexibility index (Phi) is 6.09. The average Bonchev–Trinajstić information content (AvgIpc) is 2.83. The van der Waals surface area contributed by atoms with Gasteiger partial charge in [0.2, 0.25) is 0 Å². The number of fused-ring (bicyclic) bond motifs is 1. The number of hydrogen-bond acceptors (Lipinski definition) is 4. The van der Waals surface area contributed by atoms with Gasteiger partial charge < -0.3 is 18.8 Å². The van der Waals surface area contributed by atoms with Crippen LogP contribution in [0.5, 0.6) is 17.2 Å². The Balaban J connectivity index is 1.90. The van der Waals surface area contributed by atoms with Crippen LogP contribution in [0.1, 0.15) is 0 Å². The largest absolute Gasteiger partial charge is 0.497 e. The molecule has 4 rings (SSSR count). The van der Waals surface area contributed by atoms with Crippen LogP contribution in [0, 0.1) is 0 Å². The van der Waals surface area contributed by atoms with Crippen molar-refractivity contribution < 1.29 is 13.7 Å². The van der Waals surface area contributed by atoms with E-state index in [1.165, 1.54) is 5.41 Å². The fourth-order valence-electron chi connectivity index (χ4n) is 3.45. The van der Waals surface area contributed by atoms with Crippen LogP contribution in [0.2, 0.25) is 0 Å². The molecular formula is C25H22N2O4S. The molecule has 0 fully saturated rings. The lowest BCUT2D eigenvalue weighted by molar-refractivity contribution is 0.413. The number of methoxy groups -OCH3 is 1. The van der Waals surface area contributed by atoms with Crippen molar-refractivity contribution in [3.8, 4) is 28.4 Å². The molecule has 0 aliphatic carbocycles. The fraction of sp³-hybridized carbons (Fsp3) is 0.0800. The first kappa shape index (κ1) is 21.4. The second-order valence-corrected chi connectivity index (χ2v) is 8.19. The molecule has 0 amide bonds. The van der Waals surface area contributed by atoms with E-state index in [1.807, 2.05) is 54.6 Å². The first-order chi connectivity index (χ1) is 15.5. The van der Waals surface area contributed by atoms with Gasteiger partial charge in [-0.05, 0) is 53.9 Å². The van der Waals surface area contributed by atoms with Crippen LogP contribution < -0.4 is 19.8 Å². The van der Waals surface area contributed by atoms with Crippen molar-refractivity contribution in [3.63, 3.8) is 0 Å². The molecule has 1 aromatic heterocycles. The summed E-state index contributed by atoms with van der Waals surface area (Å²) in [6.45, 7) is 3.55. The predicted octanol–water partition coefficient (Wildman–Crippen LogP) is 5.23. The molecule has 1 atom stereocenters. The molecule has 4 aromatic rings. The highest BCUT2D eigenvalue weighted by atomic mass is 32.2. The van der Waals surface area contributed by atoms with Gasteiger partial charge in [-0.25, -0.2) is 4.21 Å². The summed E-state index contributed by atoms with van der Waals surface area (Å²) in [4.78, 5) is 12.7. The summed E-state index contributed by atoms with van der Waals surface area (Å²) in [5.74, 6) is 1.96. The Bertz CT molecular complexity index is 1380. The molecule has 1 unspecified atom stereocenters. The van der Waals surface area contributed by atoms with Gasteiger partial charge in [0.05, 0.1) is 7.11 Å². The zero-order valence-corrected chi connectivity index (χ0v) is 18.5. The maximum Gasteiger partial charge on any atom is 0.258 e. The summed E-state index contributed by atoms with van der Waals surface area (Å²) in [5, 5.41) is 2.73. The highest BCUT2D eigenvalue weighted by Crippen LogP contribution is 2.38. The quantitative estimate of drug-likeness (QED) is 0.422. The van der Waals surface area contributed by atoms with Crippen LogP contribution in [0.15, 0.2) is 89.7 Å². The highest BCUT2D eigenvalue weighted by molar-refractivity contribution is 7.89. The molecule has 6 nitrogen and oxygen atoms in total. The Morgan fingerprint density at radius 3 is 2.34 bits per heavy atom. The van der Waals surface area contributed by atoms with Crippen molar-refractivity contribution in [3.05, 3.63) is 95.3 Å². The number of benzene rings is 3. The van der Waals surface area contributed by atoms with Gasteiger partial charge in [-0.3, -0.25) is 4.79 Å². The number of nitrogens with zero attached hydrogens (tertiary/aromatic N) is 1. The van der Waals surface area contributed by atoms with Crippen LogP contribution in [-0.4, -0.2) is 15.9 Å². The summed E-state index contributed by atoms with van der Waals surface area (Å²) in [6, 6.07) is 20.2. The monoisotopic (exact) mass is 446 g/mol. The minimum absolute atomic E-state index is 0.0796. The smallest absolute Gasteiger partial charge is 0.258 e. The van der Waals surface area contributed by atoms with Crippen LogP contribution in [-0.2, 0) is 18.0 Å². The van der Waals surface area contributed by atoms with Crippen molar-refractivity contribution in [2.45, 2.75) is 0 Å². The first-order valence-electron chi connectivity index (χ1n) is 9.84. The number of nitrogens with one attached hydrogen (secondary N) is 1. The van der Waals surface area contributed by atoms with E-state index < -0.39 is 11.0 Å². The molecule has 0 aliphatic rings. The molecule has 0 aliphatic heterocycles. The van der Waals surface area contributed by atoms with Crippen molar-refractivity contribution in [1.29, 1.82) is 0 Å². The normalized spacial score (nSPS) is 11.7. The fourth-order valence-corrected chi connectivity index (χ4v) is 3.90. The van der Waals surface area contributed by atoms with E-state index in [2.05, 4.69) is 11.3 Å². The minimum Gasteiger partial charge on any atom is -0.497 e. The van der Waals surface area contributed by atoms with E-state index in [-0.39, 0.29) is 5.56 Å². The molecule has 0 saturated carbocycles. The summed E-state index contributed by atoms with van der Waals surface area (Å²) in [5.41, 5.74) is 2.13. The number of hydrogen-bond donors (Lipinski definition) is 1. The third-order valence-corrected chi connectivity index (χ3v) is 5.76. The van der Waals surface area contributed by atoms with E-state index in [0.29, 0.717) is 22.6 Å². The SMILES string of the molecule is C=CS(=O)Nc1ccc(Oc2ccc(OC)cc2)c(-c2cn(C)c(=O)c3ccccc23)c1. The van der Waals surface area contributed by atoms with Gasteiger partial charge in [0.15, 0.2) is 0 Å². The molecule has 0 saturated heterocycles. The summed E-state index contributed by atoms with van der Waals surface area (Å²) in [6.07, 6.45) is 1.79. The first-order valence-corrected chi connectivity index (χ1v) is 11.1. The van der Waals surface area contributed by atoms with E-state index in [0.717, 1.165) is 22.3 Å². The van der Waals surface area contributed by atoms with Crippen LogP contribution in [0.4, 0.5) is 5.69 Å². The van der Waals surface area contributed by atoms with Gasteiger partial charge in [0.1, 0.15) is 28.2 Å². The Hall–Kier alpha value is -3.84. The van der Waals surface area contributed by atoms with Gasteiger partial charge >= 0.3 is 0 Å². The lowest BCUT2D eigenvalue weighted by Crippen LogP contribution is -2.16. The molecule has 1 N–H and O–H groups in total. The summed E-state index contributed by atoms with van der Waals surface area (Å²) < 4.78 is 27.8. The maximum atomic E-state index is 12.7. The maximum absolute atomic E-state index is 12.7. The van der Waals surface area contributed by atoms with Crippen LogP contribution in [0.3, 0.4) is 0 Å². The molecule has 0 radical (unpaired) electrons. The molecule has 7 heteroatoms. The van der Waals surface area contributed by atoms with Gasteiger partial charge in [-0.1, -0.05) is 24.8 Å². The standard InChI is InChI=1S/C25H22N2O4S/c1-4-32(29)26-17-9-14-24(31-19-12-10-18(30-3)11-13-19)22(15-17)23-16-27(2)25(28)21-8-6-5-7-20(21)23/h4-16,26H,1H2,2-3H3. The lowest BCUT2D eigenvalue weighted by atomic mass is 9.99. The number of aromatic nitrogens is 1. The molecule has 1 heterocycles. The van der Waals surface area contributed by atoms with Crippen LogP contribution >= 0.6 is 0 Å². The Morgan fingerprint density at radius 2 is 1.66 bits per heavy atom. The molecule has 0 spiro atoms. The minimum atomic E-state index is -1.42. The van der Waals surface area contributed by atoms with Gasteiger partial charge in [0, 0.05) is 40.9 Å². The molecule has 162 valence electrons. The third kappa shape index (κ3) is 4.29. The van der Waals surface area contributed by atoms with Crippen molar-refractivity contribution in [1.82, 2.24) is 4.57 Å². The Labute approximate surface area is 188 Å². The van der Waals surface area contributed by atoms with Gasteiger partial charge in [-0.15, -0.1) is 0 Å². The van der Waals surface area contributed by atoms with E-state index in [1.54, 1.807) is 37.1 Å². The summed E-state index contributed by atoms with van der Waals surface area (Å²) >= 11 is 0.